The lowest BCUT2D eigenvalue weighted by Crippen LogP contribution is -2.05. The fourth-order valence-corrected chi connectivity index (χ4v) is 3.75. The molecule has 0 amide bonds. The molecule has 0 saturated heterocycles. The molecule has 0 N–H and O–H groups in total. The van der Waals surface area contributed by atoms with Gasteiger partial charge in [-0.25, -0.2) is 0 Å². The summed E-state index contributed by atoms with van der Waals surface area (Å²) in [7, 11) is 0. The smallest absolute Gasteiger partial charge is 0.308 e. The molecule has 3 rings (SSSR count). The minimum absolute atomic E-state index is 0.281. The molecule has 2 aromatic carbocycles. The van der Waals surface area contributed by atoms with Crippen molar-refractivity contribution in [2.75, 3.05) is 0 Å². The third-order valence-electron chi connectivity index (χ3n) is 5.18. The van der Waals surface area contributed by atoms with Crippen molar-refractivity contribution in [3.05, 3.63) is 48.0 Å². The zero-order chi connectivity index (χ0) is 17.6. The molecule has 0 bridgehead atoms. The maximum atomic E-state index is 11.1. The van der Waals surface area contributed by atoms with Crippen LogP contribution in [0, 0.1) is 5.92 Å². The van der Waals surface area contributed by atoms with Gasteiger partial charge < -0.3 is 4.74 Å². The van der Waals surface area contributed by atoms with Crippen LogP contribution in [0.2, 0.25) is 0 Å². The molecule has 1 aliphatic carbocycles. The van der Waals surface area contributed by atoms with Crippen LogP contribution in [0.3, 0.4) is 0 Å². The molecule has 0 fully saturated rings. The van der Waals surface area contributed by atoms with Gasteiger partial charge in [-0.2, -0.15) is 0 Å². The summed E-state index contributed by atoms with van der Waals surface area (Å²) in [6.07, 6.45) is 11.6. The maximum absolute atomic E-state index is 11.1. The van der Waals surface area contributed by atoms with Crippen molar-refractivity contribution < 1.29 is 9.53 Å². The summed E-state index contributed by atoms with van der Waals surface area (Å²) in [6.45, 7) is 3.70. The van der Waals surface area contributed by atoms with Crippen LogP contribution in [0.4, 0.5) is 0 Å². The molecule has 1 unspecified atom stereocenters. The lowest BCUT2D eigenvalue weighted by molar-refractivity contribution is -0.131. The van der Waals surface area contributed by atoms with E-state index in [-0.39, 0.29) is 5.97 Å². The van der Waals surface area contributed by atoms with Gasteiger partial charge in [-0.1, -0.05) is 56.9 Å². The van der Waals surface area contributed by atoms with Crippen LogP contribution < -0.4 is 4.74 Å². The minimum atomic E-state index is -0.281. The summed E-state index contributed by atoms with van der Waals surface area (Å²) >= 11 is 0. The van der Waals surface area contributed by atoms with E-state index in [1.54, 1.807) is 0 Å². The molecule has 0 heterocycles. The van der Waals surface area contributed by atoms with Crippen molar-refractivity contribution in [3.63, 3.8) is 0 Å². The van der Waals surface area contributed by atoms with Crippen LogP contribution in [0.15, 0.2) is 42.5 Å². The zero-order valence-corrected chi connectivity index (χ0v) is 15.4. The molecule has 0 saturated carbocycles. The number of esters is 1. The van der Waals surface area contributed by atoms with Gasteiger partial charge in [0.05, 0.1) is 0 Å². The van der Waals surface area contributed by atoms with Crippen molar-refractivity contribution >= 4 is 22.3 Å². The van der Waals surface area contributed by atoms with Crippen molar-refractivity contribution in [3.8, 4) is 5.75 Å². The van der Waals surface area contributed by atoms with Gasteiger partial charge in [0.15, 0.2) is 0 Å². The first-order chi connectivity index (χ1) is 12.2. The van der Waals surface area contributed by atoms with Crippen molar-refractivity contribution in [2.45, 2.75) is 58.8 Å². The first-order valence-electron chi connectivity index (χ1n) is 9.57. The molecule has 1 atom stereocenters. The Balaban J connectivity index is 1.70. The zero-order valence-electron chi connectivity index (χ0n) is 15.4. The van der Waals surface area contributed by atoms with E-state index >= 15 is 0 Å². The van der Waals surface area contributed by atoms with Gasteiger partial charge in [0.25, 0.3) is 0 Å². The molecule has 2 nitrogen and oxygen atoms in total. The van der Waals surface area contributed by atoms with E-state index in [1.165, 1.54) is 68.4 Å². The maximum Gasteiger partial charge on any atom is 0.308 e. The molecule has 2 heteroatoms. The number of hydrogen-bond donors (Lipinski definition) is 0. The second-order valence-electron chi connectivity index (χ2n) is 7.18. The fraction of sp³-hybridized carbons (Fsp3) is 0.435. The summed E-state index contributed by atoms with van der Waals surface area (Å²) in [4.78, 5) is 11.1. The second kappa shape index (κ2) is 8.33. The van der Waals surface area contributed by atoms with Gasteiger partial charge >= 0.3 is 5.97 Å². The average molecular weight is 336 g/mol. The standard InChI is InChI=1S/C23H28O2/c1-3-4-5-6-18-7-9-19(10-8-18)20-11-12-22-16-23(25-17(2)24)14-13-21(22)15-20/h9,11-16,18H,3-8,10H2,1-2H3. The number of rotatable bonds is 6. The highest BCUT2D eigenvalue weighted by Gasteiger charge is 2.15. The Morgan fingerprint density at radius 1 is 1.12 bits per heavy atom. The Hall–Kier alpha value is -2.09. The molecular formula is C23H28O2. The molecular weight excluding hydrogens is 308 g/mol. The highest BCUT2D eigenvalue weighted by molar-refractivity contribution is 5.88. The SMILES string of the molecule is CCCCCC1CC=C(c2ccc3cc(OC(C)=O)ccc3c2)CC1. The van der Waals surface area contributed by atoms with Gasteiger partial charge in [0, 0.05) is 6.92 Å². The Kier molecular flexibility index (Phi) is 5.91. The molecule has 2 aromatic rings. The number of hydrogen-bond acceptors (Lipinski definition) is 2. The number of allylic oxidation sites excluding steroid dienone is 2. The predicted molar refractivity (Wildman–Crippen MR) is 105 cm³/mol. The summed E-state index contributed by atoms with van der Waals surface area (Å²) < 4.78 is 5.17. The Labute approximate surface area is 150 Å². The van der Waals surface area contributed by atoms with Gasteiger partial charge in [-0.05, 0) is 65.3 Å². The van der Waals surface area contributed by atoms with Crippen LogP contribution in [0.5, 0.6) is 5.75 Å². The van der Waals surface area contributed by atoms with Crippen molar-refractivity contribution in [2.24, 2.45) is 5.92 Å². The number of benzene rings is 2. The van der Waals surface area contributed by atoms with Crippen LogP contribution in [0.1, 0.15) is 64.4 Å². The highest BCUT2D eigenvalue weighted by Crippen LogP contribution is 2.34. The van der Waals surface area contributed by atoms with Gasteiger partial charge in [-0.15, -0.1) is 0 Å². The van der Waals surface area contributed by atoms with E-state index in [0.717, 1.165) is 11.3 Å². The lowest BCUT2D eigenvalue weighted by Gasteiger charge is -2.22. The van der Waals surface area contributed by atoms with E-state index < -0.39 is 0 Å². The number of ether oxygens (including phenoxy) is 1. The first-order valence-corrected chi connectivity index (χ1v) is 9.57. The number of carbonyl (C=O) groups is 1. The fourth-order valence-electron chi connectivity index (χ4n) is 3.75. The quantitative estimate of drug-likeness (QED) is 0.340. The van der Waals surface area contributed by atoms with Crippen LogP contribution in [-0.2, 0) is 4.79 Å². The van der Waals surface area contributed by atoms with Crippen LogP contribution >= 0.6 is 0 Å². The average Bonchev–Trinajstić information content (AvgIpc) is 2.62. The van der Waals surface area contributed by atoms with Gasteiger partial charge in [0.1, 0.15) is 5.75 Å². The minimum Gasteiger partial charge on any atom is -0.427 e. The molecule has 0 aliphatic heterocycles. The predicted octanol–water partition coefficient (Wildman–Crippen LogP) is 6.53. The molecule has 1 aliphatic rings. The van der Waals surface area contributed by atoms with E-state index in [2.05, 4.69) is 31.2 Å². The summed E-state index contributed by atoms with van der Waals surface area (Å²) in [5, 5.41) is 2.30. The number of unbranched alkanes of at least 4 members (excludes halogenated alkanes) is 2. The Bertz CT molecular complexity index is 773. The highest BCUT2D eigenvalue weighted by atomic mass is 16.5. The molecule has 0 aromatic heterocycles. The summed E-state index contributed by atoms with van der Waals surface area (Å²) in [5.74, 6) is 1.21. The van der Waals surface area contributed by atoms with Gasteiger partial charge in [0.2, 0.25) is 0 Å². The van der Waals surface area contributed by atoms with Crippen LogP contribution in [0.25, 0.3) is 16.3 Å². The third-order valence-corrected chi connectivity index (χ3v) is 5.18. The Morgan fingerprint density at radius 3 is 2.64 bits per heavy atom. The number of fused-ring (bicyclic) bond motifs is 1. The van der Waals surface area contributed by atoms with E-state index in [4.69, 9.17) is 4.74 Å². The Morgan fingerprint density at radius 2 is 1.92 bits per heavy atom. The molecule has 132 valence electrons. The molecule has 0 radical (unpaired) electrons. The van der Waals surface area contributed by atoms with E-state index in [0.29, 0.717) is 5.75 Å². The molecule has 0 spiro atoms. The normalized spacial score (nSPS) is 17.4. The number of carbonyl (C=O) groups excluding carboxylic acids is 1. The van der Waals surface area contributed by atoms with Gasteiger partial charge in [-0.3, -0.25) is 4.79 Å². The van der Waals surface area contributed by atoms with E-state index in [1.807, 2.05) is 18.2 Å². The van der Waals surface area contributed by atoms with Crippen molar-refractivity contribution in [1.29, 1.82) is 0 Å². The largest absolute Gasteiger partial charge is 0.427 e. The van der Waals surface area contributed by atoms with Crippen LogP contribution in [-0.4, -0.2) is 5.97 Å². The summed E-state index contributed by atoms with van der Waals surface area (Å²) in [6, 6.07) is 12.4. The third kappa shape index (κ3) is 4.72. The topological polar surface area (TPSA) is 26.3 Å². The second-order valence-corrected chi connectivity index (χ2v) is 7.18. The molecule has 25 heavy (non-hydrogen) atoms. The monoisotopic (exact) mass is 336 g/mol. The summed E-state index contributed by atoms with van der Waals surface area (Å²) in [5.41, 5.74) is 2.82. The van der Waals surface area contributed by atoms with Crippen molar-refractivity contribution in [1.82, 2.24) is 0 Å². The van der Waals surface area contributed by atoms with E-state index in [9.17, 15) is 4.79 Å². The lowest BCUT2D eigenvalue weighted by atomic mass is 9.83. The first kappa shape index (κ1) is 17.7.